The fourth-order valence-corrected chi connectivity index (χ4v) is 1.49. The molecule has 2 rings (SSSR count). The summed E-state index contributed by atoms with van der Waals surface area (Å²) in [4.78, 5) is 11.4. The number of nitrogens with zero attached hydrogens (tertiary/aromatic N) is 1. The van der Waals surface area contributed by atoms with Gasteiger partial charge >= 0.3 is 0 Å². The number of aryl methyl sites for hydroxylation is 1. The lowest BCUT2D eigenvalue weighted by Gasteiger charge is -2.08. The average molecular weight is 242 g/mol. The summed E-state index contributed by atoms with van der Waals surface area (Å²) in [5.41, 5.74) is 1.12. The molecule has 18 heavy (non-hydrogen) atoms. The number of benzene rings is 1. The number of nitrogens with one attached hydrogen (secondary N) is 1. The van der Waals surface area contributed by atoms with Gasteiger partial charge in [0.1, 0.15) is 5.82 Å². The molecule has 0 radical (unpaired) electrons. The van der Waals surface area contributed by atoms with Crippen LogP contribution in [0.25, 0.3) is 0 Å². The number of rotatable bonds is 2. The molecule has 4 heteroatoms. The van der Waals surface area contributed by atoms with E-state index in [1.807, 2.05) is 0 Å². The van der Waals surface area contributed by atoms with Crippen molar-refractivity contribution in [1.29, 1.82) is 0 Å². The predicted molar refractivity (Wildman–Crippen MR) is 69.3 cm³/mol. The number of halogens is 1. The van der Waals surface area contributed by atoms with Crippen molar-refractivity contribution in [2.75, 3.05) is 5.32 Å². The standard InChI is InChI=1S/C14H11FN2O/c1-3-10-4-5-13(12(15)8-10)16-11-6-7-17(2)14(18)9-11/h1,4-9,16H,2H3. The number of pyridine rings is 1. The summed E-state index contributed by atoms with van der Waals surface area (Å²) in [6, 6.07) is 7.53. The van der Waals surface area contributed by atoms with E-state index < -0.39 is 5.82 Å². The van der Waals surface area contributed by atoms with Crippen LogP contribution in [-0.4, -0.2) is 4.57 Å². The van der Waals surface area contributed by atoms with Crippen LogP contribution in [0.2, 0.25) is 0 Å². The normalized spacial score (nSPS) is 9.83. The van der Waals surface area contributed by atoms with Crippen LogP contribution < -0.4 is 10.9 Å². The van der Waals surface area contributed by atoms with E-state index in [-0.39, 0.29) is 11.2 Å². The monoisotopic (exact) mass is 242 g/mol. The molecule has 0 fully saturated rings. The number of terminal acetylenes is 1. The summed E-state index contributed by atoms with van der Waals surface area (Å²) < 4.78 is 15.1. The third-order valence-electron chi connectivity index (χ3n) is 2.52. The molecule has 0 saturated heterocycles. The molecule has 0 aliphatic heterocycles. The maximum atomic E-state index is 13.7. The van der Waals surface area contributed by atoms with Crippen LogP contribution in [0.15, 0.2) is 41.3 Å². The second-order valence-electron chi connectivity index (χ2n) is 3.83. The molecule has 0 bridgehead atoms. The minimum absolute atomic E-state index is 0.166. The molecule has 0 aliphatic rings. The molecule has 1 aromatic heterocycles. The zero-order valence-electron chi connectivity index (χ0n) is 9.77. The maximum absolute atomic E-state index is 13.7. The van der Waals surface area contributed by atoms with Gasteiger partial charge < -0.3 is 9.88 Å². The Bertz CT molecular complexity index is 683. The first kappa shape index (κ1) is 11.9. The van der Waals surface area contributed by atoms with E-state index in [2.05, 4.69) is 11.2 Å². The SMILES string of the molecule is C#Cc1ccc(Nc2ccn(C)c(=O)c2)c(F)c1. The third-order valence-corrected chi connectivity index (χ3v) is 2.52. The minimum Gasteiger partial charge on any atom is -0.353 e. The van der Waals surface area contributed by atoms with Gasteiger partial charge in [0, 0.05) is 30.6 Å². The van der Waals surface area contributed by atoms with Crippen LogP contribution in [0.3, 0.4) is 0 Å². The smallest absolute Gasteiger partial charge is 0.252 e. The molecular weight excluding hydrogens is 231 g/mol. The van der Waals surface area contributed by atoms with Gasteiger partial charge in [-0.2, -0.15) is 0 Å². The molecule has 2 aromatic rings. The highest BCUT2D eigenvalue weighted by molar-refractivity contribution is 5.60. The molecule has 90 valence electrons. The Kier molecular flexibility index (Phi) is 3.16. The summed E-state index contributed by atoms with van der Waals surface area (Å²) in [7, 11) is 1.65. The second kappa shape index (κ2) is 4.76. The molecule has 1 aromatic carbocycles. The Labute approximate surface area is 104 Å². The van der Waals surface area contributed by atoms with Crippen molar-refractivity contribution in [3.63, 3.8) is 0 Å². The highest BCUT2D eigenvalue weighted by Crippen LogP contribution is 2.19. The molecule has 0 spiro atoms. The van der Waals surface area contributed by atoms with Gasteiger partial charge in [0.05, 0.1) is 5.69 Å². The van der Waals surface area contributed by atoms with E-state index in [0.717, 1.165) is 0 Å². The fraction of sp³-hybridized carbons (Fsp3) is 0.0714. The van der Waals surface area contributed by atoms with Crippen molar-refractivity contribution in [2.24, 2.45) is 7.05 Å². The average Bonchev–Trinajstić information content (AvgIpc) is 2.36. The Balaban J connectivity index is 2.32. The molecule has 3 nitrogen and oxygen atoms in total. The molecule has 1 heterocycles. The summed E-state index contributed by atoms with van der Waals surface area (Å²) in [5.74, 6) is 1.90. The van der Waals surface area contributed by atoms with E-state index in [9.17, 15) is 9.18 Å². The second-order valence-corrected chi connectivity index (χ2v) is 3.83. The fourth-order valence-electron chi connectivity index (χ4n) is 1.49. The lowest BCUT2D eigenvalue weighted by atomic mass is 10.2. The van der Waals surface area contributed by atoms with Gasteiger partial charge in [-0.15, -0.1) is 6.42 Å². The van der Waals surface area contributed by atoms with Gasteiger partial charge in [0.15, 0.2) is 0 Å². The maximum Gasteiger partial charge on any atom is 0.252 e. The summed E-state index contributed by atoms with van der Waals surface area (Å²) in [5, 5.41) is 2.83. The van der Waals surface area contributed by atoms with Crippen molar-refractivity contribution in [3.05, 3.63) is 58.3 Å². The Morgan fingerprint density at radius 2 is 2.11 bits per heavy atom. The first-order valence-corrected chi connectivity index (χ1v) is 5.30. The minimum atomic E-state index is -0.453. The Hall–Kier alpha value is -2.54. The lowest BCUT2D eigenvalue weighted by Crippen LogP contribution is -2.14. The molecule has 1 N–H and O–H groups in total. The molecule has 0 amide bonds. The number of hydrogen-bond donors (Lipinski definition) is 1. The van der Waals surface area contributed by atoms with Gasteiger partial charge in [0.25, 0.3) is 5.56 Å². The summed E-state index contributed by atoms with van der Waals surface area (Å²) in [6.07, 6.45) is 6.79. The summed E-state index contributed by atoms with van der Waals surface area (Å²) >= 11 is 0. The van der Waals surface area contributed by atoms with E-state index in [1.54, 1.807) is 31.4 Å². The van der Waals surface area contributed by atoms with Gasteiger partial charge in [-0.3, -0.25) is 4.79 Å². The largest absolute Gasteiger partial charge is 0.353 e. The van der Waals surface area contributed by atoms with Crippen molar-refractivity contribution in [3.8, 4) is 12.3 Å². The van der Waals surface area contributed by atoms with E-state index in [0.29, 0.717) is 11.3 Å². The zero-order chi connectivity index (χ0) is 13.1. The van der Waals surface area contributed by atoms with Crippen LogP contribution in [-0.2, 0) is 7.05 Å². The highest BCUT2D eigenvalue weighted by atomic mass is 19.1. The molecule has 0 aliphatic carbocycles. The van der Waals surface area contributed by atoms with Gasteiger partial charge in [-0.1, -0.05) is 5.92 Å². The van der Waals surface area contributed by atoms with Crippen molar-refractivity contribution in [2.45, 2.75) is 0 Å². The Morgan fingerprint density at radius 1 is 1.33 bits per heavy atom. The predicted octanol–water partition coefficient (Wildman–Crippen LogP) is 2.25. The van der Waals surface area contributed by atoms with Crippen molar-refractivity contribution < 1.29 is 4.39 Å². The first-order chi connectivity index (χ1) is 8.60. The molecule has 0 saturated carbocycles. The highest BCUT2D eigenvalue weighted by Gasteiger charge is 2.03. The number of anilines is 2. The number of aromatic nitrogens is 1. The first-order valence-electron chi connectivity index (χ1n) is 5.30. The summed E-state index contributed by atoms with van der Waals surface area (Å²) in [6.45, 7) is 0. The van der Waals surface area contributed by atoms with Crippen LogP contribution in [0.5, 0.6) is 0 Å². The lowest BCUT2D eigenvalue weighted by molar-refractivity contribution is 0.631. The van der Waals surface area contributed by atoms with Crippen LogP contribution in [0, 0.1) is 18.2 Å². The van der Waals surface area contributed by atoms with Crippen molar-refractivity contribution in [1.82, 2.24) is 4.57 Å². The van der Waals surface area contributed by atoms with Crippen LogP contribution in [0.1, 0.15) is 5.56 Å². The van der Waals surface area contributed by atoms with E-state index in [4.69, 9.17) is 6.42 Å². The van der Waals surface area contributed by atoms with Gasteiger partial charge in [0.2, 0.25) is 0 Å². The molecular formula is C14H11FN2O. The van der Waals surface area contributed by atoms with Crippen LogP contribution >= 0.6 is 0 Å². The molecule has 0 atom stereocenters. The Morgan fingerprint density at radius 3 is 2.72 bits per heavy atom. The van der Waals surface area contributed by atoms with E-state index in [1.165, 1.54) is 16.7 Å². The van der Waals surface area contributed by atoms with Gasteiger partial charge in [-0.25, -0.2) is 4.39 Å². The van der Waals surface area contributed by atoms with Gasteiger partial charge in [-0.05, 0) is 24.3 Å². The quantitative estimate of drug-likeness (QED) is 0.819. The third kappa shape index (κ3) is 2.41. The topological polar surface area (TPSA) is 34.0 Å². The zero-order valence-corrected chi connectivity index (χ0v) is 9.77. The number of hydrogen-bond acceptors (Lipinski definition) is 2. The van der Waals surface area contributed by atoms with Crippen molar-refractivity contribution >= 4 is 11.4 Å². The molecule has 0 unspecified atom stereocenters. The van der Waals surface area contributed by atoms with E-state index >= 15 is 0 Å². The van der Waals surface area contributed by atoms with Crippen LogP contribution in [0.4, 0.5) is 15.8 Å².